The third kappa shape index (κ3) is 6.48. The van der Waals surface area contributed by atoms with Crippen LogP contribution in [0.3, 0.4) is 0 Å². The zero-order valence-electron chi connectivity index (χ0n) is 14.0. The molecule has 0 saturated carbocycles. The highest BCUT2D eigenvalue weighted by atomic mass is 14.6. The molecule has 1 rings (SSSR count). The van der Waals surface area contributed by atoms with Crippen LogP contribution in [-0.2, 0) is 0 Å². The van der Waals surface area contributed by atoms with Gasteiger partial charge in [0.25, 0.3) is 0 Å². The molecule has 0 aliphatic rings. The molecule has 0 fully saturated rings. The summed E-state index contributed by atoms with van der Waals surface area (Å²) >= 11 is 0. The third-order valence-corrected chi connectivity index (χ3v) is 4.38. The molecule has 2 atom stereocenters. The molecule has 0 aromatic heterocycles. The normalized spacial score (nSPS) is 13.9. The van der Waals surface area contributed by atoms with E-state index in [1.807, 2.05) is 6.08 Å². The van der Waals surface area contributed by atoms with Crippen LogP contribution in [0.4, 0.5) is 0 Å². The first-order valence-electron chi connectivity index (χ1n) is 8.70. The van der Waals surface area contributed by atoms with Gasteiger partial charge in [-0.25, -0.2) is 0 Å². The van der Waals surface area contributed by atoms with Crippen molar-refractivity contribution in [2.75, 3.05) is 0 Å². The van der Waals surface area contributed by atoms with Crippen molar-refractivity contribution < 1.29 is 0 Å². The predicted octanol–water partition coefficient (Wildman–Crippen LogP) is 5.90. The Morgan fingerprint density at radius 3 is 2.05 bits per heavy atom. The second-order valence-corrected chi connectivity index (χ2v) is 6.13. The van der Waals surface area contributed by atoms with Gasteiger partial charge in [0.15, 0.2) is 0 Å². The summed E-state index contributed by atoms with van der Waals surface area (Å²) in [5.41, 5.74) is 9.11. The fraction of sp³-hybridized carbons (Fsp3) is 0.600. The molecular weight excluding hydrogens is 254 g/mol. The van der Waals surface area contributed by atoms with Crippen LogP contribution in [0.5, 0.6) is 0 Å². The monoisotopic (exact) mass is 287 g/mol. The Bertz CT molecular complexity index is 379. The number of hydrogen-bond acceptors (Lipinski definition) is 1. The summed E-state index contributed by atoms with van der Waals surface area (Å²) in [6.45, 7) is 8.33. The fourth-order valence-electron chi connectivity index (χ4n) is 2.95. The minimum atomic E-state index is 0.294. The average molecular weight is 287 g/mol. The van der Waals surface area contributed by atoms with Gasteiger partial charge in [-0.1, -0.05) is 89.3 Å². The fourth-order valence-corrected chi connectivity index (χ4v) is 2.95. The van der Waals surface area contributed by atoms with Crippen LogP contribution < -0.4 is 5.73 Å². The maximum atomic E-state index is 6.52. The molecule has 0 aliphatic heterocycles. The van der Waals surface area contributed by atoms with Gasteiger partial charge in [0.2, 0.25) is 0 Å². The highest BCUT2D eigenvalue weighted by Gasteiger charge is 2.19. The Balaban J connectivity index is 2.71. The van der Waals surface area contributed by atoms with E-state index in [0.717, 1.165) is 6.42 Å². The standard InChI is InChI=1S/C20H33N/c1-4-7-9-11-19(20(21)12-10-8-5-2)18-15-13-17(6-3)14-16-18/h6,13-16,19-20H,3-5,7-12,21H2,1-2H3. The second-order valence-electron chi connectivity index (χ2n) is 6.13. The van der Waals surface area contributed by atoms with Crippen LogP contribution in [0.1, 0.15) is 82.3 Å². The Kier molecular flexibility index (Phi) is 9.09. The van der Waals surface area contributed by atoms with Crippen molar-refractivity contribution in [3.05, 3.63) is 42.0 Å². The van der Waals surface area contributed by atoms with Crippen molar-refractivity contribution in [1.29, 1.82) is 0 Å². The first-order valence-corrected chi connectivity index (χ1v) is 8.70. The molecule has 1 nitrogen and oxygen atoms in total. The number of benzene rings is 1. The minimum absolute atomic E-state index is 0.294. The van der Waals surface area contributed by atoms with Crippen LogP contribution in [0.2, 0.25) is 0 Å². The Morgan fingerprint density at radius 2 is 1.52 bits per heavy atom. The number of rotatable bonds is 11. The Labute approximate surface area is 131 Å². The Hall–Kier alpha value is -1.08. The molecule has 1 heteroatoms. The molecule has 0 amide bonds. The lowest BCUT2D eigenvalue weighted by molar-refractivity contribution is 0.439. The SMILES string of the molecule is C=Cc1ccc(C(CCCCC)C(N)CCCCC)cc1. The molecular formula is C20H33N. The van der Waals surface area contributed by atoms with Crippen molar-refractivity contribution in [3.8, 4) is 0 Å². The molecule has 21 heavy (non-hydrogen) atoms. The van der Waals surface area contributed by atoms with Gasteiger partial charge in [0.05, 0.1) is 0 Å². The third-order valence-electron chi connectivity index (χ3n) is 4.38. The highest BCUT2D eigenvalue weighted by molar-refractivity contribution is 5.47. The van der Waals surface area contributed by atoms with E-state index in [4.69, 9.17) is 5.73 Å². The van der Waals surface area contributed by atoms with Gasteiger partial charge in [-0.3, -0.25) is 0 Å². The molecule has 0 radical (unpaired) electrons. The number of hydrogen-bond donors (Lipinski definition) is 1. The van der Waals surface area contributed by atoms with Crippen molar-refractivity contribution in [1.82, 2.24) is 0 Å². The molecule has 0 heterocycles. The molecule has 1 aromatic rings. The number of unbranched alkanes of at least 4 members (excludes halogenated alkanes) is 4. The van der Waals surface area contributed by atoms with E-state index in [1.54, 1.807) is 0 Å². The van der Waals surface area contributed by atoms with Crippen LogP contribution in [0.15, 0.2) is 30.8 Å². The lowest BCUT2D eigenvalue weighted by Crippen LogP contribution is -2.28. The van der Waals surface area contributed by atoms with Crippen molar-refractivity contribution in [2.24, 2.45) is 5.73 Å². The quantitative estimate of drug-likeness (QED) is 0.504. The van der Waals surface area contributed by atoms with Crippen LogP contribution in [0.25, 0.3) is 6.08 Å². The molecule has 2 unspecified atom stereocenters. The average Bonchev–Trinajstić information content (AvgIpc) is 2.52. The van der Waals surface area contributed by atoms with Crippen LogP contribution in [0, 0.1) is 0 Å². The van der Waals surface area contributed by atoms with Crippen molar-refractivity contribution in [2.45, 2.75) is 77.2 Å². The zero-order chi connectivity index (χ0) is 15.5. The summed E-state index contributed by atoms with van der Waals surface area (Å²) in [4.78, 5) is 0. The van der Waals surface area contributed by atoms with E-state index in [9.17, 15) is 0 Å². The molecule has 0 bridgehead atoms. The summed E-state index contributed by atoms with van der Waals surface area (Å²) in [5.74, 6) is 0.507. The molecule has 0 spiro atoms. The first-order chi connectivity index (χ1) is 10.2. The first kappa shape index (κ1) is 18.0. The summed E-state index contributed by atoms with van der Waals surface area (Å²) in [6.07, 6.45) is 11.9. The minimum Gasteiger partial charge on any atom is -0.327 e. The van der Waals surface area contributed by atoms with Gasteiger partial charge in [-0.2, -0.15) is 0 Å². The lowest BCUT2D eigenvalue weighted by Gasteiger charge is -2.25. The molecule has 1 aromatic carbocycles. The summed E-state index contributed by atoms with van der Waals surface area (Å²) in [6, 6.07) is 9.10. The van der Waals surface area contributed by atoms with Gasteiger partial charge in [-0.05, 0) is 29.9 Å². The second kappa shape index (κ2) is 10.6. The van der Waals surface area contributed by atoms with Gasteiger partial charge in [0, 0.05) is 6.04 Å². The van der Waals surface area contributed by atoms with E-state index in [0.29, 0.717) is 12.0 Å². The van der Waals surface area contributed by atoms with E-state index < -0.39 is 0 Å². The summed E-state index contributed by atoms with van der Waals surface area (Å²) in [7, 11) is 0. The molecule has 2 N–H and O–H groups in total. The van der Waals surface area contributed by atoms with Gasteiger partial charge < -0.3 is 5.73 Å². The lowest BCUT2D eigenvalue weighted by atomic mass is 9.84. The molecule has 0 aliphatic carbocycles. The van der Waals surface area contributed by atoms with Gasteiger partial charge in [-0.15, -0.1) is 0 Å². The van der Waals surface area contributed by atoms with Crippen molar-refractivity contribution >= 4 is 6.08 Å². The molecule has 0 saturated heterocycles. The maximum Gasteiger partial charge on any atom is 0.0108 e. The smallest absolute Gasteiger partial charge is 0.0108 e. The van der Waals surface area contributed by atoms with Crippen LogP contribution in [-0.4, -0.2) is 6.04 Å². The Morgan fingerprint density at radius 1 is 0.952 bits per heavy atom. The van der Waals surface area contributed by atoms with E-state index >= 15 is 0 Å². The van der Waals surface area contributed by atoms with E-state index in [2.05, 4.69) is 44.7 Å². The van der Waals surface area contributed by atoms with Gasteiger partial charge in [0.1, 0.15) is 0 Å². The maximum absolute atomic E-state index is 6.52. The van der Waals surface area contributed by atoms with Crippen LogP contribution >= 0.6 is 0 Å². The van der Waals surface area contributed by atoms with Gasteiger partial charge >= 0.3 is 0 Å². The highest BCUT2D eigenvalue weighted by Crippen LogP contribution is 2.28. The summed E-state index contributed by atoms with van der Waals surface area (Å²) < 4.78 is 0. The topological polar surface area (TPSA) is 26.0 Å². The largest absolute Gasteiger partial charge is 0.327 e. The van der Waals surface area contributed by atoms with E-state index in [-0.39, 0.29) is 0 Å². The predicted molar refractivity (Wildman–Crippen MR) is 95.5 cm³/mol. The number of nitrogens with two attached hydrogens (primary N) is 1. The zero-order valence-corrected chi connectivity index (χ0v) is 14.0. The molecule has 118 valence electrons. The van der Waals surface area contributed by atoms with Crippen molar-refractivity contribution in [3.63, 3.8) is 0 Å². The summed E-state index contributed by atoms with van der Waals surface area (Å²) in [5, 5.41) is 0. The van der Waals surface area contributed by atoms with E-state index in [1.165, 1.54) is 56.1 Å².